The number of H-pyrrole nitrogens is 1. The van der Waals surface area contributed by atoms with Crippen molar-refractivity contribution in [3.05, 3.63) is 40.6 Å². The highest BCUT2D eigenvalue weighted by molar-refractivity contribution is 7.71. The molecule has 18 heavy (non-hydrogen) atoms. The molecule has 0 aromatic carbocycles. The lowest BCUT2D eigenvalue weighted by atomic mass is 10.2. The number of alkyl halides is 3. The van der Waals surface area contributed by atoms with Crippen LogP contribution in [0.15, 0.2) is 24.4 Å². The molecule has 0 aliphatic rings. The van der Waals surface area contributed by atoms with Gasteiger partial charge in [0.15, 0.2) is 0 Å². The first-order valence-corrected chi connectivity index (χ1v) is 5.39. The van der Waals surface area contributed by atoms with E-state index in [0.717, 1.165) is 5.69 Å². The van der Waals surface area contributed by atoms with Gasteiger partial charge in [0.05, 0.1) is 5.69 Å². The Balaban J connectivity index is 2.55. The molecule has 0 saturated heterocycles. The van der Waals surface area contributed by atoms with Crippen molar-refractivity contribution in [1.29, 1.82) is 0 Å². The van der Waals surface area contributed by atoms with Crippen molar-refractivity contribution in [3.63, 3.8) is 0 Å². The molecule has 0 unspecified atom stereocenters. The van der Waals surface area contributed by atoms with E-state index in [1.807, 2.05) is 0 Å². The molecule has 0 aliphatic carbocycles. The van der Waals surface area contributed by atoms with Gasteiger partial charge in [0.1, 0.15) is 4.64 Å². The molecule has 0 spiro atoms. The van der Waals surface area contributed by atoms with E-state index in [1.165, 1.54) is 12.3 Å². The van der Waals surface area contributed by atoms with Crippen LogP contribution in [-0.2, 0) is 6.18 Å². The maximum atomic E-state index is 12.6. The summed E-state index contributed by atoms with van der Waals surface area (Å²) >= 11 is 4.73. The zero-order valence-corrected chi connectivity index (χ0v) is 10.1. The molecule has 0 bridgehead atoms. The summed E-state index contributed by atoms with van der Waals surface area (Å²) < 4.78 is 37.6. The van der Waals surface area contributed by atoms with Gasteiger partial charge in [0, 0.05) is 17.5 Å². The number of nitrogens with zero attached hydrogens (tertiary/aromatic N) is 2. The Bertz CT molecular complexity index is 617. The summed E-state index contributed by atoms with van der Waals surface area (Å²) in [6.07, 6.45) is -3.07. The molecule has 0 atom stereocenters. The number of aryl methyl sites for hydroxylation is 1. The zero-order valence-electron chi connectivity index (χ0n) is 9.25. The fraction of sp³-hybridized carbons (Fsp3) is 0.182. The number of aromatic amines is 1. The van der Waals surface area contributed by atoms with Crippen LogP contribution in [0.2, 0.25) is 0 Å². The van der Waals surface area contributed by atoms with Gasteiger partial charge in [-0.1, -0.05) is 12.2 Å². The summed E-state index contributed by atoms with van der Waals surface area (Å²) in [6, 6.07) is 4.75. The second-order valence-corrected chi connectivity index (χ2v) is 4.09. The van der Waals surface area contributed by atoms with E-state index in [1.54, 1.807) is 19.1 Å². The smallest absolute Gasteiger partial charge is 0.335 e. The Morgan fingerprint density at radius 1 is 1.28 bits per heavy atom. The van der Waals surface area contributed by atoms with Gasteiger partial charge in [-0.05, 0) is 25.1 Å². The van der Waals surface area contributed by atoms with Crippen molar-refractivity contribution in [1.82, 2.24) is 15.0 Å². The maximum absolute atomic E-state index is 12.6. The highest BCUT2D eigenvalue weighted by atomic mass is 32.1. The molecule has 0 saturated carbocycles. The van der Waals surface area contributed by atoms with Crippen molar-refractivity contribution >= 4 is 12.2 Å². The van der Waals surface area contributed by atoms with Crippen molar-refractivity contribution in [2.24, 2.45) is 0 Å². The zero-order chi connectivity index (χ0) is 13.3. The van der Waals surface area contributed by atoms with E-state index < -0.39 is 12.0 Å². The maximum Gasteiger partial charge on any atom is 0.449 e. The van der Waals surface area contributed by atoms with Gasteiger partial charge in [-0.2, -0.15) is 13.2 Å². The third-order valence-corrected chi connectivity index (χ3v) is 2.44. The van der Waals surface area contributed by atoms with E-state index >= 15 is 0 Å². The summed E-state index contributed by atoms with van der Waals surface area (Å²) in [5, 5.41) is 0. The van der Waals surface area contributed by atoms with Crippen LogP contribution in [0.3, 0.4) is 0 Å². The molecular formula is C11H8F3N3S. The molecule has 0 radical (unpaired) electrons. The Labute approximate surface area is 106 Å². The Morgan fingerprint density at radius 2 is 2.00 bits per heavy atom. The number of nitrogens with one attached hydrogen (secondary N) is 1. The SMILES string of the molecule is Cc1ccc(-c2cc(=S)nc(C(F)(F)F)[nH]2)cn1. The van der Waals surface area contributed by atoms with E-state index in [9.17, 15) is 13.2 Å². The number of pyridine rings is 1. The summed E-state index contributed by atoms with van der Waals surface area (Å²) in [5.41, 5.74) is 1.55. The van der Waals surface area contributed by atoms with E-state index in [4.69, 9.17) is 12.2 Å². The molecule has 0 fully saturated rings. The third-order valence-electron chi connectivity index (χ3n) is 2.23. The van der Waals surface area contributed by atoms with Crippen LogP contribution < -0.4 is 0 Å². The molecular weight excluding hydrogens is 263 g/mol. The minimum atomic E-state index is -4.55. The van der Waals surface area contributed by atoms with Crippen molar-refractivity contribution in [2.45, 2.75) is 13.1 Å². The average Bonchev–Trinajstić information content (AvgIpc) is 2.28. The topological polar surface area (TPSA) is 41.6 Å². The first-order chi connectivity index (χ1) is 8.36. The van der Waals surface area contributed by atoms with Crippen LogP contribution in [0, 0.1) is 11.6 Å². The largest absolute Gasteiger partial charge is 0.449 e. The van der Waals surface area contributed by atoms with E-state index in [2.05, 4.69) is 15.0 Å². The number of halogens is 3. The summed E-state index contributed by atoms with van der Waals surface area (Å²) in [5.74, 6) is -1.11. The second kappa shape index (κ2) is 4.49. The number of aromatic nitrogens is 3. The molecule has 7 heteroatoms. The molecule has 1 N–H and O–H groups in total. The number of hydrogen-bond acceptors (Lipinski definition) is 3. The molecule has 2 rings (SSSR count). The van der Waals surface area contributed by atoms with Gasteiger partial charge in [-0.3, -0.25) is 4.98 Å². The lowest BCUT2D eigenvalue weighted by Gasteiger charge is -2.08. The summed E-state index contributed by atoms with van der Waals surface area (Å²) in [7, 11) is 0. The average molecular weight is 271 g/mol. The molecule has 2 heterocycles. The van der Waals surface area contributed by atoms with Gasteiger partial charge in [-0.15, -0.1) is 0 Å². The predicted molar refractivity (Wildman–Crippen MR) is 62.4 cm³/mol. The third kappa shape index (κ3) is 2.73. The highest BCUT2D eigenvalue weighted by Crippen LogP contribution is 2.27. The van der Waals surface area contributed by atoms with Gasteiger partial charge in [0.25, 0.3) is 0 Å². The first-order valence-electron chi connectivity index (χ1n) is 4.98. The molecule has 94 valence electrons. The van der Waals surface area contributed by atoms with Crippen molar-refractivity contribution in [2.75, 3.05) is 0 Å². The minimum Gasteiger partial charge on any atom is -0.335 e. The fourth-order valence-corrected chi connectivity index (χ4v) is 1.58. The minimum absolute atomic E-state index is 0.114. The van der Waals surface area contributed by atoms with Crippen molar-refractivity contribution < 1.29 is 13.2 Å². The molecule has 0 aliphatic heterocycles. The van der Waals surface area contributed by atoms with Crippen LogP contribution in [0.25, 0.3) is 11.3 Å². The highest BCUT2D eigenvalue weighted by Gasteiger charge is 2.34. The first kappa shape index (κ1) is 12.7. The molecule has 2 aromatic heterocycles. The Hall–Kier alpha value is -1.76. The quantitative estimate of drug-likeness (QED) is 0.807. The Morgan fingerprint density at radius 3 is 2.56 bits per heavy atom. The summed E-state index contributed by atoms with van der Waals surface area (Å²) in [6.45, 7) is 1.79. The van der Waals surface area contributed by atoms with Crippen LogP contribution in [0.1, 0.15) is 11.5 Å². The van der Waals surface area contributed by atoms with Crippen LogP contribution in [-0.4, -0.2) is 15.0 Å². The normalized spacial score (nSPS) is 11.6. The lowest BCUT2D eigenvalue weighted by Crippen LogP contribution is -2.11. The van der Waals surface area contributed by atoms with Crippen LogP contribution >= 0.6 is 12.2 Å². The molecule has 0 amide bonds. The monoisotopic (exact) mass is 271 g/mol. The second-order valence-electron chi connectivity index (χ2n) is 3.67. The van der Waals surface area contributed by atoms with Gasteiger partial charge in [-0.25, -0.2) is 4.98 Å². The van der Waals surface area contributed by atoms with Crippen molar-refractivity contribution in [3.8, 4) is 11.3 Å². The lowest BCUT2D eigenvalue weighted by molar-refractivity contribution is -0.144. The molecule has 3 nitrogen and oxygen atoms in total. The molecule has 2 aromatic rings. The fourth-order valence-electron chi connectivity index (χ4n) is 1.37. The van der Waals surface area contributed by atoms with Gasteiger partial charge < -0.3 is 4.98 Å². The standard InChI is InChI=1S/C11H8F3N3S/c1-6-2-3-7(5-15-6)8-4-9(18)17-10(16-8)11(12,13)14/h2-5H,1H3,(H,16,17,18). The van der Waals surface area contributed by atoms with E-state index in [0.29, 0.717) is 5.56 Å². The van der Waals surface area contributed by atoms with E-state index in [-0.39, 0.29) is 10.3 Å². The number of rotatable bonds is 1. The van der Waals surface area contributed by atoms with Gasteiger partial charge in [0.2, 0.25) is 5.82 Å². The van der Waals surface area contributed by atoms with Crippen LogP contribution in [0.4, 0.5) is 13.2 Å². The number of hydrogen-bond donors (Lipinski definition) is 1. The van der Waals surface area contributed by atoms with Crippen LogP contribution in [0.5, 0.6) is 0 Å². The van der Waals surface area contributed by atoms with Gasteiger partial charge >= 0.3 is 6.18 Å². The predicted octanol–water partition coefficient (Wildman–Crippen LogP) is 3.53. The summed E-state index contributed by atoms with van der Waals surface area (Å²) in [4.78, 5) is 9.50. The Kier molecular flexibility index (Phi) is 3.16.